The molecule has 0 aromatic heterocycles. The van der Waals surface area contributed by atoms with Crippen molar-refractivity contribution in [1.29, 1.82) is 0 Å². The van der Waals surface area contributed by atoms with Gasteiger partial charge in [0.05, 0.1) is 7.11 Å². The maximum absolute atomic E-state index is 13.1. The standard InChI is InChI=1S/C25H37N3O4S/c1-6-27(7-2)22(17-20-13-11-10-12-14-20)19-26-25(29)21-15-16-23(32-5)24(18-21)33(30,31)28(8-3)9-4/h10-16,18,22H,6-9,17,19H2,1-5H3,(H,26,29). The van der Waals surface area contributed by atoms with Crippen LogP contribution in [0.2, 0.25) is 0 Å². The minimum Gasteiger partial charge on any atom is -0.495 e. The van der Waals surface area contributed by atoms with Crippen LogP contribution in [0.1, 0.15) is 43.6 Å². The molecule has 2 rings (SSSR count). The molecular weight excluding hydrogens is 438 g/mol. The summed E-state index contributed by atoms with van der Waals surface area (Å²) in [5.74, 6) is -0.0811. The van der Waals surface area contributed by atoms with Crippen LogP contribution in [0.25, 0.3) is 0 Å². The lowest BCUT2D eigenvalue weighted by molar-refractivity contribution is 0.0934. The second kappa shape index (κ2) is 12.7. The Labute approximate surface area is 198 Å². The van der Waals surface area contributed by atoms with Crippen molar-refractivity contribution < 1.29 is 17.9 Å². The average Bonchev–Trinajstić information content (AvgIpc) is 2.83. The number of rotatable bonds is 13. The lowest BCUT2D eigenvalue weighted by Crippen LogP contribution is -2.45. The van der Waals surface area contributed by atoms with Crippen molar-refractivity contribution in [3.8, 4) is 5.75 Å². The van der Waals surface area contributed by atoms with Crippen LogP contribution in [0.4, 0.5) is 0 Å². The Morgan fingerprint density at radius 3 is 2.15 bits per heavy atom. The first kappa shape index (κ1) is 26.8. The summed E-state index contributed by atoms with van der Waals surface area (Å²) in [5, 5.41) is 3.01. The van der Waals surface area contributed by atoms with Crippen molar-refractivity contribution in [2.45, 2.75) is 45.1 Å². The van der Waals surface area contributed by atoms with E-state index in [2.05, 4.69) is 36.2 Å². The number of ether oxygens (including phenoxy) is 1. The van der Waals surface area contributed by atoms with Crippen molar-refractivity contribution in [2.75, 3.05) is 39.8 Å². The van der Waals surface area contributed by atoms with Crippen LogP contribution in [0.5, 0.6) is 5.75 Å². The van der Waals surface area contributed by atoms with E-state index in [1.807, 2.05) is 18.2 Å². The highest BCUT2D eigenvalue weighted by molar-refractivity contribution is 7.89. The van der Waals surface area contributed by atoms with Crippen molar-refractivity contribution >= 4 is 15.9 Å². The number of benzene rings is 2. The fourth-order valence-electron chi connectivity index (χ4n) is 3.99. The zero-order valence-corrected chi connectivity index (χ0v) is 21.2. The quantitative estimate of drug-likeness (QED) is 0.480. The van der Waals surface area contributed by atoms with Gasteiger partial charge in [-0.1, -0.05) is 58.0 Å². The Morgan fingerprint density at radius 2 is 1.61 bits per heavy atom. The summed E-state index contributed by atoms with van der Waals surface area (Å²) in [6, 6.07) is 14.9. The Balaban J connectivity index is 2.25. The van der Waals surface area contributed by atoms with E-state index in [0.717, 1.165) is 19.5 Å². The third-order valence-corrected chi connectivity index (χ3v) is 7.96. The molecule has 8 heteroatoms. The molecule has 7 nitrogen and oxygen atoms in total. The molecule has 0 spiro atoms. The molecule has 0 heterocycles. The van der Waals surface area contributed by atoms with Crippen molar-refractivity contribution in [3.05, 3.63) is 59.7 Å². The zero-order chi connectivity index (χ0) is 24.4. The van der Waals surface area contributed by atoms with Gasteiger partial charge in [-0.2, -0.15) is 4.31 Å². The maximum Gasteiger partial charge on any atom is 0.251 e. The van der Waals surface area contributed by atoms with E-state index in [4.69, 9.17) is 4.74 Å². The van der Waals surface area contributed by atoms with E-state index in [1.165, 1.54) is 29.1 Å². The molecule has 1 N–H and O–H groups in total. The summed E-state index contributed by atoms with van der Waals surface area (Å²) in [5.41, 5.74) is 1.50. The number of carbonyl (C=O) groups is 1. The van der Waals surface area contributed by atoms with Gasteiger partial charge in [0.1, 0.15) is 10.6 Å². The molecule has 1 unspecified atom stereocenters. The summed E-state index contributed by atoms with van der Waals surface area (Å²) in [6.45, 7) is 10.7. The number of likely N-dealkylation sites (N-methyl/N-ethyl adjacent to an activating group) is 1. The highest BCUT2D eigenvalue weighted by Crippen LogP contribution is 2.28. The van der Waals surface area contributed by atoms with Gasteiger partial charge in [-0.3, -0.25) is 9.69 Å². The van der Waals surface area contributed by atoms with Gasteiger partial charge >= 0.3 is 0 Å². The monoisotopic (exact) mass is 475 g/mol. The van der Waals surface area contributed by atoms with Crippen LogP contribution in [-0.4, -0.2) is 69.4 Å². The first-order chi connectivity index (χ1) is 15.8. The van der Waals surface area contributed by atoms with E-state index >= 15 is 0 Å². The van der Waals surface area contributed by atoms with Gasteiger partial charge < -0.3 is 10.1 Å². The molecule has 0 radical (unpaired) electrons. The predicted molar refractivity (Wildman–Crippen MR) is 132 cm³/mol. The molecule has 2 aromatic carbocycles. The summed E-state index contributed by atoms with van der Waals surface area (Å²) in [7, 11) is -2.35. The molecular formula is C25H37N3O4S. The van der Waals surface area contributed by atoms with Crippen LogP contribution in [0.3, 0.4) is 0 Å². The molecule has 0 fully saturated rings. The molecule has 0 saturated carbocycles. The molecule has 0 bridgehead atoms. The van der Waals surface area contributed by atoms with Crippen LogP contribution in [0, 0.1) is 0 Å². The second-order valence-corrected chi connectivity index (χ2v) is 9.64. The van der Waals surface area contributed by atoms with Gasteiger partial charge in [0.2, 0.25) is 10.0 Å². The lowest BCUT2D eigenvalue weighted by atomic mass is 10.0. The largest absolute Gasteiger partial charge is 0.495 e. The fourth-order valence-corrected chi connectivity index (χ4v) is 5.63. The molecule has 0 aliphatic rings. The molecule has 33 heavy (non-hydrogen) atoms. The number of hydrogen-bond acceptors (Lipinski definition) is 5. The Morgan fingerprint density at radius 1 is 0.970 bits per heavy atom. The molecule has 0 saturated heterocycles. The van der Waals surface area contributed by atoms with Gasteiger partial charge in [-0.25, -0.2) is 8.42 Å². The Kier molecular flexibility index (Phi) is 10.3. The van der Waals surface area contributed by atoms with Crippen LogP contribution in [-0.2, 0) is 16.4 Å². The van der Waals surface area contributed by atoms with Crippen molar-refractivity contribution in [1.82, 2.24) is 14.5 Å². The normalized spacial score (nSPS) is 12.7. The highest BCUT2D eigenvalue weighted by atomic mass is 32.2. The summed E-state index contributed by atoms with van der Waals surface area (Å²) in [4.78, 5) is 15.3. The molecule has 1 atom stereocenters. The first-order valence-electron chi connectivity index (χ1n) is 11.6. The van der Waals surface area contributed by atoms with Crippen LogP contribution >= 0.6 is 0 Å². The van der Waals surface area contributed by atoms with E-state index in [9.17, 15) is 13.2 Å². The second-order valence-electron chi connectivity index (χ2n) is 7.73. The van der Waals surface area contributed by atoms with Gasteiger partial charge in [0, 0.05) is 31.2 Å². The van der Waals surface area contributed by atoms with Gasteiger partial charge in [-0.15, -0.1) is 0 Å². The average molecular weight is 476 g/mol. The number of sulfonamides is 1. The predicted octanol–water partition coefficient (Wildman–Crippen LogP) is 3.41. The van der Waals surface area contributed by atoms with E-state index in [-0.39, 0.29) is 22.6 Å². The molecule has 1 amide bonds. The van der Waals surface area contributed by atoms with E-state index < -0.39 is 10.0 Å². The molecule has 182 valence electrons. The number of methoxy groups -OCH3 is 1. The van der Waals surface area contributed by atoms with E-state index in [0.29, 0.717) is 25.2 Å². The third kappa shape index (κ3) is 6.79. The van der Waals surface area contributed by atoms with Gasteiger partial charge in [0.15, 0.2) is 0 Å². The number of nitrogens with one attached hydrogen (secondary N) is 1. The Bertz CT molecular complexity index is 988. The topological polar surface area (TPSA) is 79.0 Å². The summed E-state index contributed by atoms with van der Waals surface area (Å²) >= 11 is 0. The fraction of sp³-hybridized carbons (Fsp3) is 0.480. The Hall–Kier alpha value is -2.42. The minimum atomic E-state index is -3.77. The highest BCUT2D eigenvalue weighted by Gasteiger charge is 2.27. The van der Waals surface area contributed by atoms with Gasteiger partial charge in [0.25, 0.3) is 5.91 Å². The summed E-state index contributed by atoms with van der Waals surface area (Å²) in [6.07, 6.45) is 0.813. The van der Waals surface area contributed by atoms with Gasteiger partial charge in [-0.05, 0) is 43.3 Å². The number of nitrogens with zero attached hydrogens (tertiary/aromatic N) is 2. The minimum absolute atomic E-state index is 0.00549. The lowest BCUT2D eigenvalue weighted by Gasteiger charge is -2.30. The van der Waals surface area contributed by atoms with Crippen molar-refractivity contribution in [3.63, 3.8) is 0 Å². The van der Waals surface area contributed by atoms with Crippen LogP contribution in [0.15, 0.2) is 53.4 Å². The van der Waals surface area contributed by atoms with Crippen LogP contribution < -0.4 is 10.1 Å². The number of amides is 1. The molecule has 0 aliphatic carbocycles. The number of carbonyl (C=O) groups excluding carboxylic acids is 1. The van der Waals surface area contributed by atoms with Crippen molar-refractivity contribution in [2.24, 2.45) is 0 Å². The first-order valence-corrected chi connectivity index (χ1v) is 13.0. The maximum atomic E-state index is 13.1. The van der Waals surface area contributed by atoms with E-state index in [1.54, 1.807) is 19.9 Å². The third-order valence-electron chi connectivity index (χ3n) is 5.89. The summed E-state index contributed by atoms with van der Waals surface area (Å²) < 4.78 is 32.8. The zero-order valence-electron chi connectivity index (χ0n) is 20.4. The SMILES string of the molecule is CCN(CC)C(CNC(=O)c1ccc(OC)c(S(=O)(=O)N(CC)CC)c1)Cc1ccccc1. The smallest absolute Gasteiger partial charge is 0.251 e. The molecule has 0 aliphatic heterocycles. The molecule has 2 aromatic rings. The number of hydrogen-bond donors (Lipinski definition) is 1.